The van der Waals surface area contributed by atoms with E-state index in [-0.39, 0.29) is 5.56 Å². The number of aryl methyl sites for hydroxylation is 1. The van der Waals surface area contributed by atoms with Gasteiger partial charge in [0.2, 0.25) is 0 Å². The van der Waals surface area contributed by atoms with Gasteiger partial charge >= 0.3 is 0 Å². The van der Waals surface area contributed by atoms with Crippen LogP contribution in [0.25, 0.3) is 16.7 Å². The van der Waals surface area contributed by atoms with E-state index in [0.29, 0.717) is 34.1 Å². The van der Waals surface area contributed by atoms with E-state index >= 15 is 0 Å². The third kappa shape index (κ3) is 3.10. The summed E-state index contributed by atoms with van der Waals surface area (Å²) in [5.74, 6) is 1.13. The molecule has 0 aliphatic rings. The molecule has 23 heavy (non-hydrogen) atoms. The van der Waals surface area contributed by atoms with Crippen LogP contribution in [0, 0.1) is 18.3 Å². The van der Waals surface area contributed by atoms with Crippen LogP contribution < -0.4 is 5.56 Å². The highest BCUT2D eigenvalue weighted by Gasteiger charge is 2.14. The van der Waals surface area contributed by atoms with Crippen molar-refractivity contribution in [3.05, 3.63) is 58.5 Å². The first-order valence-corrected chi connectivity index (χ1v) is 8.14. The average molecular weight is 322 g/mol. The summed E-state index contributed by atoms with van der Waals surface area (Å²) in [5, 5.41) is 9.84. The molecule has 2 aromatic heterocycles. The van der Waals surface area contributed by atoms with E-state index in [4.69, 9.17) is 5.26 Å². The molecule has 3 rings (SSSR count). The summed E-state index contributed by atoms with van der Waals surface area (Å²) < 4.78 is 1.53. The molecule has 1 aromatic carbocycles. The van der Waals surface area contributed by atoms with Crippen LogP contribution in [0.2, 0.25) is 0 Å². The molecule has 0 saturated heterocycles. The van der Waals surface area contributed by atoms with Gasteiger partial charge in [-0.2, -0.15) is 5.26 Å². The third-order valence-corrected chi connectivity index (χ3v) is 4.26. The van der Waals surface area contributed by atoms with E-state index in [0.717, 1.165) is 5.56 Å². The van der Waals surface area contributed by atoms with Gasteiger partial charge in [0.05, 0.1) is 17.0 Å². The lowest BCUT2D eigenvalue weighted by atomic mass is 10.2. The molecule has 0 saturated carbocycles. The van der Waals surface area contributed by atoms with Crippen LogP contribution >= 0.6 is 11.8 Å². The summed E-state index contributed by atoms with van der Waals surface area (Å²) >= 11 is 1.39. The van der Waals surface area contributed by atoms with Crippen molar-refractivity contribution in [3.63, 3.8) is 0 Å². The second kappa shape index (κ2) is 6.63. The van der Waals surface area contributed by atoms with Crippen LogP contribution in [-0.2, 0) is 0 Å². The Hall–Kier alpha value is -2.65. The highest BCUT2D eigenvalue weighted by Crippen LogP contribution is 2.21. The minimum absolute atomic E-state index is 0.145. The average Bonchev–Trinajstić information content (AvgIpc) is 2.55. The van der Waals surface area contributed by atoms with E-state index in [1.165, 1.54) is 16.3 Å². The van der Waals surface area contributed by atoms with Crippen molar-refractivity contribution >= 4 is 22.7 Å². The van der Waals surface area contributed by atoms with Crippen LogP contribution in [0.3, 0.4) is 0 Å². The van der Waals surface area contributed by atoms with E-state index in [9.17, 15) is 4.79 Å². The van der Waals surface area contributed by atoms with Gasteiger partial charge in [-0.15, -0.1) is 0 Å². The number of fused-ring (bicyclic) bond motifs is 1. The van der Waals surface area contributed by atoms with Crippen molar-refractivity contribution < 1.29 is 0 Å². The number of thioether (sulfide) groups is 1. The summed E-state index contributed by atoms with van der Waals surface area (Å²) in [5.41, 5.74) is 1.53. The number of para-hydroxylation sites is 1. The number of hydrogen-bond donors (Lipinski definition) is 0. The van der Waals surface area contributed by atoms with Gasteiger partial charge in [-0.1, -0.05) is 23.9 Å². The first-order valence-electron chi connectivity index (χ1n) is 7.15. The largest absolute Gasteiger partial charge is 0.268 e. The highest BCUT2D eigenvalue weighted by molar-refractivity contribution is 7.99. The van der Waals surface area contributed by atoms with Crippen molar-refractivity contribution in [2.24, 2.45) is 0 Å². The summed E-state index contributed by atoms with van der Waals surface area (Å²) in [6.07, 6.45) is 2.07. The Morgan fingerprint density at radius 3 is 2.91 bits per heavy atom. The molecule has 0 fully saturated rings. The van der Waals surface area contributed by atoms with Crippen molar-refractivity contribution in [2.75, 3.05) is 5.75 Å². The summed E-state index contributed by atoms with van der Waals surface area (Å²) in [6.45, 7) is 1.95. The van der Waals surface area contributed by atoms with Crippen LogP contribution in [0.5, 0.6) is 0 Å². The zero-order valence-corrected chi connectivity index (χ0v) is 13.4. The highest BCUT2D eigenvalue weighted by atomic mass is 32.2. The molecule has 0 amide bonds. The number of nitrogens with zero attached hydrogens (tertiary/aromatic N) is 4. The lowest BCUT2D eigenvalue weighted by Crippen LogP contribution is -2.22. The van der Waals surface area contributed by atoms with Gasteiger partial charge < -0.3 is 0 Å². The van der Waals surface area contributed by atoms with Gasteiger partial charge in [0.15, 0.2) is 5.16 Å². The first kappa shape index (κ1) is 15.3. The molecule has 0 unspecified atom stereocenters. The van der Waals surface area contributed by atoms with E-state index in [1.54, 1.807) is 12.3 Å². The Labute approximate surface area is 137 Å². The Morgan fingerprint density at radius 2 is 2.13 bits per heavy atom. The SMILES string of the molecule is Cc1ccnc(-n2c(SCCC#N)nc3ccccc3c2=O)c1. The maximum Gasteiger partial charge on any atom is 0.267 e. The fourth-order valence-electron chi connectivity index (χ4n) is 2.24. The number of aromatic nitrogens is 3. The van der Waals surface area contributed by atoms with E-state index in [2.05, 4.69) is 16.0 Å². The first-order chi connectivity index (χ1) is 11.2. The molecular formula is C17H14N4OS. The number of rotatable bonds is 4. The summed E-state index contributed by atoms with van der Waals surface area (Å²) in [6, 6.07) is 13.1. The number of nitriles is 1. The molecule has 0 N–H and O–H groups in total. The minimum atomic E-state index is -0.145. The topological polar surface area (TPSA) is 71.6 Å². The number of benzene rings is 1. The number of pyridine rings is 1. The molecule has 0 aliphatic carbocycles. The van der Waals surface area contributed by atoms with Crippen LogP contribution in [0.4, 0.5) is 0 Å². The molecule has 5 nitrogen and oxygen atoms in total. The van der Waals surface area contributed by atoms with Crippen molar-refractivity contribution in [2.45, 2.75) is 18.5 Å². The van der Waals surface area contributed by atoms with Gasteiger partial charge in [0, 0.05) is 18.4 Å². The normalized spacial score (nSPS) is 10.6. The summed E-state index contributed by atoms with van der Waals surface area (Å²) in [4.78, 5) is 21.8. The quantitative estimate of drug-likeness (QED) is 0.419. The molecule has 0 bridgehead atoms. The Morgan fingerprint density at radius 1 is 1.30 bits per heavy atom. The lowest BCUT2D eigenvalue weighted by molar-refractivity contribution is 0.794. The smallest absolute Gasteiger partial charge is 0.267 e. The van der Waals surface area contributed by atoms with E-state index in [1.807, 2.05) is 37.3 Å². The van der Waals surface area contributed by atoms with Crippen molar-refractivity contribution in [1.82, 2.24) is 14.5 Å². The van der Waals surface area contributed by atoms with Crippen LogP contribution in [0.1, 0.15) is 12.0 Å². The molecule has 0 spiro atoms. The predicted molar refractivity (Wildman–Crippen MR) is 90.8 cm³/mol. The molecule has 6 heteroatoms. The maximum absolute atomic E-state index is 12.9. The predicted octanol–water partition coefficient (Wildman–Crippen LogP) is 3.09. The lowest BCUT2D eigenvalue weighted by Gasteiger charge is -2.12. The molecular weight excluding hydrogens is 308 g/mol. The van der Waals surface area contributed by atoms with Crippen molar-refractivity contribution in [1.29, 1.82) is 5.26 Å². The van der Waals surface area contributed by atoms with Gasteiger partial charge in [0.1, 0.15) is 5.82 Å². The Balaban J connectivity index is 2.24. The molecule has 114 valence electrons. The van der Waals surface area contributed by atoms with Crippen LogP contribution in [-0.4, -0.2) is 20.3 Å². The second-order valence-corrected chi connectivity index (χ2v) is 6.06. The minimum Gasteiger partial charge on any atom is -0.268 e. The molecule has 3 aromatic rings. The standard InChI is InChI=1S/C17H14N4OS/c1-12-7-9-19-15(11-12)21-16(22)13-5-2-3-6-14(13)20-17(21)23-10-4-8-18/h2-3,5-7,9,11H,4,10H2,1H3. The van der Waals surface area contributed by atoms with Gasteiger partial charge in [-0.25, -0.2) is 14.5 Å². The Kier molecular flexibility index (Phi) is 4.40. The Bertz CT molecular complexity index is 959. The molecule has 0 radical (unpaired) electrons. The van der Waals surface area contributed by atoms with Crippen molar-refractivity contribution in [3.8, 4) is 11.9 Å². The fourth-order valence-corrected chi connectivity index (χ4v) is 3.09. The fraction of sp³-hybridized carbons (Fsp3) is 0.176. The van der Waals surface area contributed by atoms with E-state index < -0.39 is 0 Å². The van der Waals surface area contributed by atoms with Gasteiger partial charge in [-0.3, -0.25) is 4.79 Å². The van der Waals surface area contributed by atoms with Gasteiger partial charge in [-0.05, 0) is 36.8 Å². The molecule has 2 heterocycles. The van der Waals surface area contributed by atoms with Gasteiger partial charge in [0.25, 0.3) is 5.56 Å². The van der Waals surface area contributed by atoms with Crippen LogP contribution in [0.15, 0.2) is 52.5 Å². The molecule has 0 aliphatic heterocycles. The third-order valence-electron chi connectivity index (χ3n) is 3.32. The molecule has 0 atom stereocenters. The number of hydrogen-bond acceptors (Lipinski definition) is 5. The second-order valence-electron chi connectivity index (χ2n) is 5.00. The zero-order chi connectivity index (χ0) is 16.2. The zero-order valence-electron chi connectivity index (χ0n) is 12.6. The maximum atomic E-state index is 12.9. The monoisotopic (exact) mass is 322 g/mol. The summed E-state index contributed by atoms with van der Waals surface area (Å²) in [7, 11) is 0.